The van der Waals surface area contributed by atoms with Crippen molar-refractivity contribution < 1.29 is 9.59 Å². The fourth-order valence-corrected chi connectivity index (χ4v) is 3.76. The number of benzene rings is 2. The Bertz CT molecular complexity index is 857. The zero-order valence-electron chi connectivity index (χ0n) is 14.2. The first kappa shape index (κ1) is 17.8. The Morgan fingerprint density at radius 1 is 1.04 bits per heavy atom. The lowest BCUT2D eigenvalue weighted by Gasteiger charge is -2.21. The zero-order chi connectivity index (χ0) is 18.3. The van der Waals surface area contributed by atoms with Gasteiger partial charge in [0, 0.05) is 5.02 Å². The first-order valence-corrected chi connectivity index (χ1v) is 8.69. The molecule has 1 heterocycles. The molecule has 1 atom stereocenters. The number of nitrogens with one attached hydrogen (secondary N) is 1. The Hall–Kier alpha value is -2.04. The molecule has 2 amide bonds. The van der Waals surface area contributed by atoms with Gasteiger partial charge in [0.2, 0.25) is 5.91 Å². The van der Waals surface area contributed by atoms with E-state index in [1.807, 2.05) is 32.9 Å². The topological polar surface area (TPSA) is 49.4 Å². The molecule has 2 aromatic rings. The van der Waals surface area contributed by atoms with E-state index < -0.39 is 6.04 Å². The third-order valence-corrected chi connectivity index (χ3v) is 4.81. The van der Waals surface area contributed by atoms with E-state index in [2.05, 4.69) is 5.32 Å². The van der Waals surface area contributed by atoms with Gasteiger partial charge in [0.05, 0.1) is 22.8 Å². The van der Waals surface area contributed by atoms with Gasteiger partial charge in [0.15, 0.2) is 0 Å². The average Bonchev–Trinajstić information content (AvgIpc) is 2.77. The normalized spacial score (nSPS) is 17.3. The van der Waals surface area contributed by atoms with Crippen LogP contribution in [0.1, 0.15) is 23.1 Å². The summed E-state index contributed by atoms with van der Waals surface area (Å²) in [6.07, 6.45) is 0.0878. The Labute approximate surface area is 156 Å². The summed E-state index contributed by atoms with van der Waals surface area (Å²) in [5, 5.41) is 3.99. The Kier molecular flexibility index (Phi) is 4.76. The molecule has 0 bridgehead atoms. The molecule has 1 N–H and O–H groups in total. The van der Waals surface area contributed by atoms with Crippen molar-refractivity contribution in [1.82, 2.24) is 0 Å². The van der Waals surface area contributed by atoms with E-state index in [9.17, 15) is 9.59 Å². The molecule has 1 fully saturated rings. The smallest absolute Gasteiger partial charge is 0.256 e. The van der Waals surface area contributed by atoms with Gasteiger partial charge in [-0.1, -0.05) is 40.9 Å². The molecule has 25 heavy (non-hydrogen) atoms. The molecule has 3 rings (SSSR count). The third kappa shape index (κ3) is 3.37. The van der Waals surface area contributed by atoms with E-state index in [1.54, 1.807) is 18.2 Å². The number of anilines is 2. The quantitative estimate of drug-likeness (QED) is 0.792. The summed E-state index contributed by atoms with van der Waals surface area (Å²) in [4.78, 5) is 26.7. The van der Waals surface area contributed by atoms with Gasteiger partial charge in [-0.15, -0.1) is 0 Å². The maximum Gasteiger partial charge on any atom is 0.256 e. The number of hydrogen-bond donors (Lipinski definition) is 1. The fraction of sp³-hybridized carbons (Fsp3) is 0.263. The second-order valence-corrected chi connectivity index (χ2v) is 7.18. The lowest BCUT2D eigenvalue weighted by Crippen LogP contribution is -2.35. The molecule has 0 aromatic heterocycles. The minimum atomic E-state index is -0.647. The van der Waals surface area contributed by atoms with Gasteiger partial charge in [0.1, 0.15) is 6.04 Å². The number of imide groups is 1. The van der Waals surface area contributed by atoms with Crippen molar-refractivity contribution in [2.75, 3.05) is 10.2 Å². The van der Waals surface area contributed by atoms with Crippen LogP contribution < -0.4 is 10.2 Å². The first-order chi connectivity index (χ1) is 11.8. The van der Waals surface area contributed by atoms with Gasteiger partial charge >= 0.3 is 0 Å². The first-order valence-electron chi connectivity index (χ1n) is 7.94. The number of hydrogen-bond acceptors (Lipinski definition) is 3. The molecule has 0 spiro atoms. The number of halogens is 2. The van der Waals surface area contributed by atoms with Crippen LogP contribution in [0.5, 0.6) is 0 Å². The summed E-state index contributed by atoms with van der Waals surface area (Å²) in [7, 11) is 0. The molecule has 0 radical (unpaired) electrons. The van der Waals surface area contributed by atoms with E-state index in [1.165, 1.54) is 4.90 Å². The molecule has 1 unspecified atom stereocenters. The van der Waals surface area contributed by atoms with E-state index in [0.717, 1.165) is 16.7 Å². The largest absolute Gasteiger partial charge is 0.372 e. The van der Waals surface area contributed by atoms with Crippen LogP contribution in [0, 0.1) is 20.8 Å². The predicted molar refractivity (Wildman–Crippen MR) is 102 cm³/mol. The maximum absolute atomic E-state index is 12.9. The highest BCUT2D eigenvalue weighted by atomic mass is 35.5. The number of nitrogens with zero attached hydrogens (tertiary/aromatic N) is 1. The van der Waals surface area contributed by atoms with Crippen LogP contribution >= 0.6 is 23.2 Å². The minimum Gasteiger partial charge on any atom is -0.372 e. The van der Waals surface area contributed by atoms with Crippen LogP contribution in [-0.2, 0) is 9.59 Å². The second-order valence-electron chi connectivity index (χ2n) is 6.34. The molecule has 1 saturated heterocycles. The molecule has 130 valence electrons. The van der Waals surface area contributed by atoms with Crippen molar-refractivity contribution in [1.29, 1.82) is 0 Å². The summed E-state index contributed by atoms with van der Waals surface area (Å²) in [6.45, 7) is 5.81. The molecule has 1 aliphatic rings. The second kappa shape index (κ2) is 6.70. The minimum absolute atomic E-state index is 0.0878. The maximum atomic E-state index is 12.9. The zero-order valence-corrected chi connectivity index (χ0v) is 15.7. The number of carbonyl (C=O) groups excluding carboxylic acids is 2. The van der Waals surface area contributed by atoms with Crippen LogP contribution in [-0.4, -0.2) is 17.9 Å². The summed E-state index contributed by atoms with van der Waals surface area (Å²) in [5.41, 5.74) is 4.16. The molecule has 6 heteroatoms. The molecule has 1 aliphatic heterocycles. The van der Waals surface area contributed by atoms with Gasteiger partial charge in [0.25, 0.3) is 5.91 Å². The number of aryl methyl sites for hydroxylation is 3. The van der Waals surface area contributed by atoms with Crippen LogP contribution in [0.15, 0.2) is 30.3 Å². The molecule has 2 aromatic carbocycles. The third-order valence-electron chi connectivity index (χ3n) is 4.27. The highest BCUT2D eigenvalue weighted by molar-refractivity contribution is 6.36. The average molecular weight is 377 g/mol. The Morgan fingerprint density at radius 3 is 2.28 bits per heavy atom. The lowest BCUT2D eigenvalue weighted by molar-refractivity contribution is -0.121. The van der Waals surface area contributed by atoms with E-state index in [4.69, 9.17) is 23.2 Å². The van der Waals surface area contributed by atoms with Crippen molar-refractivity contribution in [3.05, 3.63) is 57.1 Å². The molecule has 0 saturated carbocycles. The standard InChI is InChI=1S/C19H18Cl2N2O2/c1-10-6-11(2)18(12(3)7-10)23-17(24)9-16(19(23)25)22-15-5-4-13(20)8-14(15)21/h4-8,16,22H,9H2,1-3H3. The Morgan fingerprint density at radius 2 is 1.68 bits per heavy atom. The molecular weight excluding hydrogens is 359 g/mol. The fourth-order valence-electron chi connectivity index (χ4n) is 3.30. The van der Waals surface area contributed by atoms with Crippen LogP contribution in [0.3, 0.4) is 0 Å². The highest BCUT2D eigenvalue weighted by Gasteiger charge is 2.40. The predicted octanol–water partition coefficient (Wildman–Crippen LogP) is 4.66. The van der Waals surface area contributed by atoms with Crippen LogP contribution in [0.25, 0.3) is 0 Å². The summed E-state index contributed by atoms with van der Waals surface area (Å²) in [6, 6.07) is 8.28. The van der Waals surface area contributed by atoms with Crippen LogP contribution in [0.4, 0.5) is 11.4 Å². The number of amides is 2. The summed E-state index contributed by atoms with van der Waals surface area (Å²) in [5.74, 6) is -0.492. The summed E-state index contributed by atoms with van der Waals surface area (Å²) >= 11 is 12.1. The summed E-state index contributed by atoms with van der Waals surface area (Å²) < 4.78 is 0. The van der Waals surface area contributed by atoms with Crippen molar-refractivity contribution in [2.45, 2.75) is 33.2 Å². The molecule has 0 aliphatic carbocycles. The van der Waals surface area contributed by atoms with Crippen molar-refractivity contribution in [3.63, 3.8) is 0 Å². The van der Waals surface area contributed by atoms with Gasteiger partial charge in [-0.3, -0.25) is 9.59 Å². The van der Waals surface area contributed by atoms with Gasteiger partial charge in [-0.25, -0.2) is 4.90 Å². The Balaban J connectivity index is 1.91. The highest BCUT2D eigenvalue weighted by Crippen LogP contribution is 2.33. The monoisotopic (exact) mass is 376 g/mol. The van der Waals surface area contributed by atoms with E-state index in [0.29, 0.717) is 21.4 Å². The van der Waals surface area contributed by atoms with Crippen molar-refractivity contribution in [2.24, 2.45) is 0 Å². The number of rotatable bonds is 3. The van der Waals surface area contributed by atoms with Crippen LogP contribution in [0.2, 0.25) is 10.0 Å². The number of carbonyl (C=O) groups is 2. The molecule has 4 nitrogen and oxygen atoms in total. The van der Waals surface area contributed by atoms with Gasteiger partial charge < -0.3 is 5.32 Å². The molecular formula is C19H18Cl2N2O2. The van der Waals surface area contributed by atoms with E-state index in [-0.39, 0.29) is 18.2 Å². The lowest BCUT2D eigenvalue weighted by atomic mass is 10.0. The van der Waals surface area contributed by atoms with Gasteiger partial charge in [-0.05, 0) is 50.1 Å². The van der Waals surface area contributed by atoms with Gasteiger partial charge in [-0.2, -0.15) is 0 Å². The van der Waals surface area contributed by atoms with Crippen molar-refractivity contribution >= 4 is 46.4 Å². The van der Waals surface area contributed by atoms with Crippen molar-refractivity contribution in [3.8, 4) is 0 Å². The SMILES string of the molecule is Cc1cc(C)c(N2C(=O)CC(Nc3ccc(Cl)cc3Cl)C2=O)c(C)c1. The van der Waals surface area contributed by atoms with E-state index >= 15 is 0 Å².